The SMILES string of the molecule is COC1=CC(=O)[C@]2(C)[C@H](C1=O)[C@@H](c1ccccc1)[C@@H]2C. The maximum atomic E-state index is 12.6. The first kappa shape index (κ1) is 13.1. The molecule has 0 spiro atoms. The predicted octanol–water partition coefficient (Wildman–Crippen LogP) is 2.72. The first-order valence-electron chi connectivity index (χ1n) is 6.91. The topological polar surface area (TPSA) is 43.4 Å². The second-order valence-corrected chi connectivity index (χ2v) is 5.93. The van der Waals surface area contributed by atoms with E-state index in [2.05, 4.69) is 6.92 Å². The largest absolute Gasteiger partial charge is 0.493 e. The monoisotopic (exact) mass is 270 g/mol. The summed E-state index contributed by atoms with van der Waals surface area (Å²) in [6.45, 7) is 3.97. The van der Waals surface area contributed by atoms with Crippen LogP contribution in [0.25, 0.3) is 0 Å². The molecule has 3 heteroatoms. The summed E-state index contributed by atoms with van der Waals surface area (Å²) in [5.41, 5.74) is 0.542. The Kier molecular flexibility index (Phi) is 2.82. The molecule has 4 atom stereocenters. The summed E-state index contributed by atoms with van der Waals surface area (Å²) in [6.07, 6.45) is 1.37. The maximum absolute atomic E-state index is 12.6. The fourth-order valence-corrected chi connectivity index (χ4v) is 3.83. The molecule has 20 heavy (non-hydrogen) atoms. The lowest BCUT2D eigenvalue weighted by atomic mass is 9.42. The van der Waals surface area contributed by atoms with Crippen LogP contribution in [0.4, 0.5) is 0 Å². The normalized spacial score (nSPS) is 36.0. The smallest absolute Gasteiger partial charge is 0.202 e. The van der Waals surface area contributed by atoms with Crippen molar-refractivity contribution in [2.24, 2.45) is 17.3 Å². The lowest BCUT2D eigenvalue weighted by molar-refractivity contribution is -0.159. The third kappa shape index (κ3) is 1.46. The standard InChI is InChI=1S/C17H18O3/c1-10-14(11-7-5-4-6-8-11)15-16(19)12(20-3)9-13(18)17(10,15)2/h4-10,14-15H,1-3H3/t10-,14+,15-,17+/m0/s1. The highest BCUT2D eigenvalue weighted by Gasteiger charge is 2.65. The van der Waals surface area contributed by atoms with Crippen molar-refractivity contribution in [3.8, 4) is 0 Å². The molecule has 0 aromatic heterocycles. The number of benzene rings is 1. The van der Waals surface area contributed by atoms with Gasteiger partial charge in [0, 0.05) is 17.4 Å². The second-order valence-electron chi connectivity index (χ2n) is 5.93. The Bertz CT molecular complexity index is 602. The minimum Gasteiger partial charge on any atom is -0.493 e. The van der Waals surface area contributed by atoms with Gasteiger partial charge in [0.1, 0.15) is 0 Å². The Morgan fingerprint density at radius 2 is 1.80 bits per heavy atom. The number of ether oxygens (including phenoxy) is 1. The van der Waals surface area contributed by atoms with Crippen molar-refractivity contribution in [1.82, 2.24) is 0 Å². The van der Waals surface area contributed by atoms with Crippen molar-refractivity contribution in [3.63, 3.8) is 0 Å². The van der Waals surface area contributed by atoms with E-state index in [1.54, 1.807) is 0 Å². The minimum absolute atomic E-state index is 0.0126. The summed E-state index contributed by atoms with van der Waals surface area (Å²) in [7, 11) is 1.44. The van der Waals surface area contributed by atoms with Gasteiger partial charge in [-0.1, -0.05) is 44.2 Å². The van der Waals surface area contributed by atoms with E-state index in [1.165, 1.54) is 13.2 Å². The fourth-order valence-electron chi connectivity index (χ4n) is 3.83. The molecule has 3 nitrogen and oxygen atoms in total. The van der Waals surface area contributed by atoms with Crippen LogP contribution < -0.4 is 0 Å². The Balaban J connectivity index is 2.06. The zero-order chi connectivity index (χ0) is 14.5. The number of ketones is 2. The van der Waals surface area contributed by atoms with Gasteiger partial charge in [-0.25, -0.2) is 0 Å². The van der Waals surface area contributed by atoms with Gasteiger partial charge in [-0.3, -0.25) is 9.59 Å². The number of carbonyl (C=O) groups is 2. The van der Waals surface area contributed by atoms with Gasteiger partial charge in [0.05, 0.1) is 7.11 Å². The molecular weight excluding hydrogens is 252 g/mol. The van der Waals surface area contributed by atoms with Gasteiger partial charge in [-0.2, -0.15) is 0 Å². The molecule has 0 N–H and O–H groups in total. The van der Waals surface area contributed by atoms with Gasteiger partial charge in [0.2, 0.25) is 5.78 Å². The lowest BCUT2D eigenvalue weighted by Crippen LogP contribution is -2.61. The van der Waals surface area contributed by atoms with Crippen LogP contribution in [0.1, 0.15) is 25.3 Å². The van der Waals surface area contributed by atoms with Crippen LogP contribution >= 0.6 is 0 Å². The maximum Gasteiger partial charge on any atom is 0.202 e. The number of Topliss-reactive ketones (excluding diaryl/α,β-unsaturated/α-hetero) is 1. The Morgan fingerprint density at radius 1 is 1.15 bits per heavy atom. The van der Waals surface area contributed by atoms with Gasteiger partial charge < -0.3 is 4.74 Å². The predicted molar refractivity (Wildman–Crippen MR) is 75.1 cm³/mol. The zero-order valence-electron chi connectivity index (χ0n) is 11.9. The van der Waals surface area contributed by atoms with E-state index in [0.29, 0.717) is 0 Å². The van der Waals surface area contributed by atoms with E-state index in [1.807, 2.05) is 37.3 Å². The van der Waals surface area contributed by atoms with Crippen molar-refractivity contribution in [2.75, 3.05) is 7.11 Å². The number of allylic oxidation sites excluding steroid dienone is 2. The summed E-state index contributed by atoms with van der Waals surface area (Å²) < 4.78 is 5.08. The molecule has 0 saturated heterocycles. The first-order valence-corrected chi connectivity index (χ1v) is 6.91. The molecule has 1 aromatic carbocycles. The summed E-state index contributed by atoms with van der Waals surface area (Å²) >= 11 is 0. The Morgan fingerprint density at radius 3 is 2.40 bits per heavy atom. The van der Waals surface area contributed by atoms with Crippen LogP contribution in [-0.4, -0.2) is 18.7 Å². The van der Waals surface area contributed by atoms with Gasteiger partial charge >= 0.3 is 0 Å². The average Bonchev–Trinajstić information content (AvgIpc) is 2.47. The van der Waals surface area contributed by atoms with E-state index in [-0.39, 0.29) is 35.1 Å². The first-order chi connectivity index (χ1) is 9.51. The van der Waals surface area contributed by atoms with Gasteiger partial charge in [-0.15, -0.1) is 0 Å². The Labute approximate surface area is 118 Å². The van der Waals surface area contributed by atoms with E-state index < -0.39 is 5.41 Å². The van der Waals surface area contributed by atoms with Gasteiger partial charge in [0.25, 0.3) is 0 Å². The number of hydrogen-bond acceptors (Lipinski definition) is 3. The van der Waals surface area contributed by atoms with Crippen molar-refractivity contribution < 1.29 is 14.3 Å². The highest BCUT2D eigenvalue weighted by atomic mass is 16.5. The van der Waals surface area contributed by atoms with Gasteiger partial charge in [-0.05, 0) is 17.4 Å². The van der Waals surface area contributed by atoms with Crippen LogP contribution in [0.15, 0.2) is 42.2 Å². The molecule has 0 radical (unpaired) electrons. The number of hydrogen-bond donors (Lipinski definition) is 0. The fraction of sp³-hybridized carbons (Fsp3) is 0.412. The average molecular weight is 270 g/mol. The molecule has 0 bridgehead atoms. The molecule has 1 aromatic rings. The van der Waals surface area contributed by atoms with Crippen LogP contribution in [0.3, 0.4) is 0 Å². The number of carbonyl (C=O) groups excluding carboxylic acids is 2. The van der Waals surface area contributed by atoms with Crippen LogP contribution in [0, 0.1) is 17.3 Å². The summed E-state index contributed by atoms with van der Waals surface area (Å²) in [5, 5.41) is 0. The molecule has 0 aliphatic heterocycles. The van der Waals surface area contributed by atoms with Crippen LogP contribution in [0.2, 0.25) is 0 Å². The molecule has 1 fully saturated rings. The Hall–Kier alpha value is -1.90. The molecule has 0 heterocycles. The molecular formula is C17H18O3. The molecule has 104 valence electrons. The summed E-state index contributed by atoms with van der Waals surface area (Å²) in [6, 6.07) is 9.97. The van der Waals surface area contributed by atoms with E-state index in [4.69, 9.17) is 4.74 Å². The quantitative estimate of drug-likeness (QED) is 0.830. The highest BCUT2D eigenvalue weighted by Crippen LogP contribution is 2.63. The van der Waals surface area contributed by atoms with Crippen molar-refractivity contribution in [2.45, 2.75) is 19.8 Å². The number of rotatable bonds is 2. The van der Waals surface area contributed by atoms with Crippen molar-refractivity contribution >= 4 is 11.6 Å². The van der Waals surface area contributed by atoms with E-state index in [9.17, 15) is 9.59 Å². The summed E-state index contributed by atoms with van der Waals surface area (Å²) in [4.78, 5) is 24.9. The van der Waals surface area contributed by atoms with Crippen LogP contribution in [0.5, 0.6) is 0 Å². The minimum atomic E-state index is -0.584. The third-order valence-corrected chi connectivity index (χ3v) is 5.21. The second kappa shape index (κ2) is 4.30. The molecule has 0 amide bonds. The van der Waals surface area contributed by atoms with Crippen molar-refractivity contribution in [1.29, 1.82) is 0 Å². The highest BCUT2D eigenvalue weighted by molar-refractivity contribution is 6.13. The number of methoxy groups -OCH3 is 1. The van der Waals surface area contributed by atoms with Crippen molar-refractivity contribution in [3.05, 3.63) is 47.7 Å². The van der Waals surface area contributed by atoms with Crippen LogP contribution in [-0.2, 0) is 14.3 Å². The molecule has 0 unspecified atom stereocenters. The molecule has 1 saturated carbocycles. The lowest BCUT2D eigenvalue weighted by Gasteiger charge is -2.58. The summed E-state index contributed by atoms with van der Waals surface area (Å²) in [5.74, 6) is 0.121. The zero-order valence-corrected chi connectivity index (χ0v) is 11.9. The van der Waals surface area contributed by atoms with E-state index in [0.717, 1.165) is 5.56 Å². The number of fused-ring (bicyclic) bond motifs is 1. The third-order valence-electron chi connectivity index (χ3n) is 5.21. The molecule has 3 rings (SSSR count). The van der Waals surface area contributed by atoms with E-state index >= 15 is 0 Å². The van der Waals surface area contributed by atoms with Gasteiger partial charge in [0.15, 0.2) is 11.5 Å². The molecule has 2 aliphatic rings. The molecule has 2 aliphatic carbocycles.